The molecule has 0 unspecified atom stereocenters. The smallest absolute Gasteiger partial charge is 0.251 e. The molecular formula is C12H17NO3Si. The van der Waals surface area contributed by atoms with Gasteiger partial charge in [0.15, 0.2) is 6.29 Å². The summed E-state index contributed by atoms with van der Waals surface area (Å²) in [6, 6.07) is 4.87. The lowest BCUT2D eigenvalue weighted by atomic mass is 10.1. The molecule has 1 aromatic carbocycles. The molecule has 0 radical (unpaired) electrons. The first-order chi connectivity index (χ1) is 7.87. The van der Waals surface area contributed by atoms with Crippen molar-refractivity contribution in [1.82, 2.24) is 5.32 Å². The van der Waals surface area contributed by atoms with Crippen molar-refractivity contribution >= 4 is 20.5 Å². The van der Waals surface area contributed by atoms with Gasteiger partial charge in [0, 0.05) is 12.6 Å². The van der Waals surface area contributed by atoms with Gasteiger partial charge in [-0.1, -0.05) is 0 Å². The number of amides is 1. The van der Waals surface area contributed by atoms with Gasteiger partial charge in [0.25, 0.3) is 5.91 Å². The van der Waals surface area contributed by atoms with Crippen molar-refractivity contribution in [3.05, 3.63) is 29.3 Å². The van der Waals surface area contributed by atoms with Gasteiger partial charge in [-0.25, -0.2) is 0 Å². The van der Waals surface area contributed by atoms with E-state index in [4.69, 9.17) is 4.43 Å². The molecule has 0 aliphatic carbocycles. The second kappa shape index (κ2) is 5.14. The highest BCUT2D eigenvalue weighted by atomic mass is 28.4. The van der Waals surface area contributed by atoms with E-state index in [0.717, 1.165) is 0 Å². The van der Waals surface area contributed by atoms with E-state index in [1.807, 2.05) is 19.6 Å². The third-order valence-corrected chi connectivity index (χ3v) is 2.87. The summed E-state index contributed by atoms with van der Waals surface area (Å²) in [6.45, 7) is 6.11. The van der Waals surface area contributed by atoms with E-state index < -0.39 is 8.32 Å². The summed E-state index contributed by atoms with van der Waals surface area (Å²) in [5.74, 6) is 0.333. The Balaban J connectivity index is 3.10. The predicted molar refractivity (Wildman–Crippen MR) is 69.2 cm³/mol. The Morgan fingerprint density at radius 2 is 2.00 bits per heavy atom. The van der Waals surface area contributed by atoms with Gasteiger partial charge in [-0.15, -0.1) is 0 Å². The fourth-order valence-corrected chi connectivity index (χ4v) is 2.19. The zero-order chi connectivity index (χ0) is 13.1. The van der Waals surface area contributed by atoms with Gasteiger partial charge < -0.3 is 9.74 Å². The molecule has 1 aromatic rings. The highest BCUT2D eigenvalue weighted by Gasteiger charge is 2.18. The zero-order valence-electron chi connectivity index (χ0n) is 10.5. The van der Waals surface area contributed by atoms with Gasteiger partial charge in [-0.05, 0) is 37.8 Å². The fraction of sp³-hybridized carbons (Fsp3) is 0.333. The Hall–Kier alpha value is -1.62. The van der Waals surface area contributed by atoms with Crippen molar-refractivity contribution in [3.8, 4) is 5.75 Å². The first-order valence-electron chi connectivity index (χ1n) is 5.37. The minimum absolute atomic E-state index is 0.215. The number of carbonyl (C=O) groups excluding carboxylic acids is 2. The van der Waals surface area contributed by atoms with Gasteiger partial charge in [0.05, 0.1) is 5.56 Å². The van der Waals surface area contributed by atoms with Crippen LogP contribution in [0.2, 0.25) is 19.6 Å². The number of rotatable bonds is 4. The Kier molecular flexibility index (Phi) is 4.06. The van der Waals surface area contributed by atoms with Crippen LogP contribution in [0.25, 0.3) is 0 Å². The highest BCUT2D eigenvalue weighted by molar-refractivity contribution is 6.70. The summed E-state index contributed by atoms with van der Waals surface area (Å²) in [7, 11) is -0.207. The molecule has 1 N–H and O–H groups in total. The molecule has 4 nitrogen and oxygen atoms in total. The van der Waals surface area contributed by atoms with Crippen molar-refractivity contribution in [1.29, 1.82) is 0 Å². The summed E-state index contributed by atoms with van der Waals surface area (Å²) >= 11 is 0. The molecule has 0 aliphatic heterocycles. The molecule has 0 fully saturated rings. The molecule has 0 saturated heterocycles. The average Bonchev–Trinajstić information content (AvgIpc) is 2.26. The van der Waals surface area contributed by atoms with E-state index in [0.29, 0.717) is 23.2 Å². The first-order valence-corrected chi connectivity index (χ1v) is 8.78. The number of nitrogens with one attached hydrogen (secondary N) is 1. The van der Waals surface area contributed by atoms with Gasteiger partial charge in [-0.3, -0.25) is 9.59 Å². The molecule has 1 rings (SSSR count). The van der Waals surface area contributed by atoms with Crippen LogP contribution in [0, 0.1) is 0 Å². The maximum Gasteiger partial charge on any atom is 0.251 e. The van der Waals surface area contributed by atoms with Crippen LogP contribution in [0.5, 0.6) is 5.75 Å². The molecule has 0 spiro atoms. The number of benzene rings is 1. The van der Waals surface area contributed by atoms with Crippen LogP contribution in [-0.2, 0) is 0 Å². The summed E-state index contributed by atoms with van der Waals surface area (Å²) in [6.07, 6.45) is 0.710. The molecular weight excluding hydrogens is 234 g/mol. The van der Waals surface area contributed by atoms with Crippen LogP contribution < -0.4 is 9.74 Å². The number of hydrogen-bond donors (Lipinski definition) is 1. The van der Waals surface area contributed by atoms with E-state index in [2.05, 4.69) is 5.32 Å². The van der Waals surface area contributed by atoms with E-state index in [-0.39, 0.29) is 5.91 Å². The average molecular weight is 251 g/mol. The van der Waals surface area contributed by atoms with Crippen molar-refractivity contribution in [2.24, 2.45) is 0 Å². The van der Waals surface area contributed by atoms with Crippen LogP contribution in [0.15, 0.2) is 18.2 Å². The minimum atomic E-state index is -1.76. The van der Waals surface area contributed by atoms with Crippen LogP contribution >= 0.6 is 0 Å². The molecule has 0 saturated carbocycles. The molecule has 0 heterocycles. The monoisotopic (exact) mass is 251 g/mol. The Morgan fingerprint density at radius 3 is 2.47 bits per heavy atom. The van der Waals surface area contributed by atoms with Crippen molar-refractivity contribution in [2.75, 3.05) is 7.05 Å². The second-order valence-corrected chi connectivity index (χ2v) is 9.09. The van der Waals surface area contributed by atoms with E-state index >= 15 is 0 Å². The van der Waals surface area contributed by atoms with E-state index in [9.17, 15) is 9.59 Å². The van der Waals surface area contributed by atoms with Crippen LogP contribution in [-0.4, -0.2) is 27.6 Å². The third kappa shape index (κ3) is 3.71. The number of hydrogen-bond acceptors (Lipinski definition) is 3. The number of carbonyl (C=O) groups is 2. The molecule has 0 atom stereocenters. The predicted octanol–water partition coefficient (Wildman–Crippen LogP) is 2.07. The van der Waals surface area contributed by atoms with Crippen LogP contribution in [0.4, 0.5) is 0 Å². The summed E-state index contributed by atoms with van der Waals surface area (Å²) in [5.41, 5.74) is 0.867. The summed E-state index contributed by atoms with van der Waals surface area (Å²) < 4.78 is 5.77. The maximum absolute atomic E-state index is 11.4. The molecule has 17 heavy (non-hydrogen) atoms. The van der Waals surface area contributed by atoms with Crippen LogP contribution in [0.1, 0.15) is 20.7 Å². The first kappa shape index (κ1) is 13.4. The zero-order valence-corrected chi connectivity index (χ0v) is 11.5. The molecule has 1 amide bonds. The largest absolute Gasteiger partial charge is 0.544 e. The SMILES string of the molecule is CNC(=O)c1ccc(O[Si](C)(C)C)c(C=O)c1. The Bertz CT molecular complexity index is 438. The molecule has 92 valence electrons. The van der Waals surface area contributed by atoms with Gasteiger partial charge in [0.1, 0.15) is 5.75 Å². The summed E-state index contributed by atoms with van der Waals surface area (Å²) in [5, 5.41) is 2.51. The molecule has 0 aliphatic rings. The lowest BCUT2D eigenvalue weighted by molar-refractivity contribution is 0.0963. The molecule has 5 heteroatoms. The van der Waals surface area contributed by atoms with E-state index in [1.54, 1.807) is 25.2 Å². The third-order valence-electron chi connectivity index (χ3n) is 2.04. The normalized spacial score (nSPS) is 10.8. The summed E-state index contributed by atoms with van der Waals surface area (Å²) in [4.78, 5) is 22.4. The van der Waals surface area contributed by atoms with Crippen molar-refractivity contribution in [2.45, 2.75) is 19.6 Å². The van der Waals surface area contributed by atoms with Crippen molar-refractivity contribution in [3.63, 3.8) is 0 Å². The fourth-order valence-electron chi connectivity index (χ4n) is 1.35. The lowest BCUT2D eigenvalue weighted by Crippen LogP contribution is -2.30. The highest BCUT2D eigenvalue weighted by Crippen LogP contribution is 2.22. The standard InChI is InChI=1S/C12H17NO3Si/c1-13-12(15)9-5-6-11(10(7-9)8-14)16-17(2,3)4/h5-8H,1-4H3,(H,13,15). The Morgan fingerprint density at radius 1 is 1.35 bits per heavy atom. The number of aldehydes is 1. The van der Waals surface area contributed by atoms with Gasteiger partial charge in [0.2, 0.25) is 8.32 Å². The topological polar surface area (TPSA) is 55.4 Å². The van der Waals surface area contributed by atoms with Gasteiger partial charge in [-0.2, -0.15) is 0 Å². The Labute approximate surface area is 102 Å². The van der Waals surface area contributed by atoms with Crippen LogP contribution in [0.3, 0.4) is 0 Å². The molecule has 0 bridgehead atoms. The van der Waals surface area contributed by atoms with Gasteiger partial charge >= 0.3 is 0 Å². The minimum Gasteiger partial charge on any atom is -0.544 e. The van der Waals surface area contributed by atoms with Crippen molar-refractivity contribution < 1.29 is 14.0 Å². The lowest BCUT2D eigenvalue weighted by Gasteiger charge is -2.20. The maximum atomic E-state index is 11.4. The van der Waals surface area contributed by atoms with E-state index in [1.165, 1.54) is 0 Å². The quantitative estimate of drug-likeness (QED) is 0.658. The molecule has 0 aromatic heterocycles. The second-order valence-electron chi connectivity index (χ2n) is 4.66.